The van der Waals surface area contributed by atoms with Crippen molar-refractivity contribution in [1.82, 2.24) is 4.98 Å². The van der Waals surface area contributed by atoms with Crippen molar-refractivity contribution in [3.63, 3.8) is 0 Å². The third kappa shape index (κ3) is 1.94. The van der Waals surface area contributed by atoms with Crippen LogP contribution < -0.4 is 5.73 Å². The molecule has 2 aromatic rings. The number of rotatable bonds is 1. The molecule has 0 unspecified atom stereocenters. The van der Waals surface area contributed by atoms with E-state index in [0.717, 1.165) is 0 Å². The summed E-state index contributed by atoms with van der Waals surface area (Å²) in [4.78, 5) is 15.0. The minimum absolute atomic E-state index is 0.0795. The molecule has 1 aromatic heterocycles. The quantitative estimate of drug-likeness (QED) is 0.868. The second-order valence-corrected chi connectivity index (χ2v) is 4.39. The molecule has 0 aliphatic carbocycles. The molecule has 6 heteroatoms. The highest BCUT2D eigenvalue weighted by atomic mass is 35.5. The Hall–Kier alpha value is -1.03. The number of primary amides is 1. The van der Waals surface area contributed by atoms with Gasteiger partial charge in [-0.1, -0.05) is 34.8 Å². The Labute approximate surface area is 106 Å². The molecule has 1 aromatic carbocycles. The third-order valence-electron chi connectivity index (χ3n) is 2.03. The van der Waals surface area contributed by atoms with Crippen LogP contribution >= 0.6 is 34.8 Å². The van der Waals surface area contributed by atoms with Gasteiger partial charge in [-0.2, -0.15) is 0 Å². The van der Waals surface area contributed by atoms with Crippen molar-refractivity contribution in [3.05, 3.63) is 39.0 Å². The zero-order chi connectivity index (χ0) is 11.9. The molecule has 1 amide bonds. The van der Waals surface area contributed by atoms with E-state index < -0.39 is 5.91 Å². The molecule has 1 heterocycles. The van der Waals surface area contributed by atoms with E-state index in [4.69, 9.17) is 40.5 Å². The number of aromatic nitrogens is 1. The number of fused-ring (bicyclic) bond motifs is 1. The molecule has 0 aliphatic rings. The number of amides is 1. The van der Waals surface area contributed by atoms with Crippen molar-refractivity contribution in [3.8, 4) is 0 Å². The first-order chi connectivity index (χ1) is 7.49. The van der Waals surface area contributed by atoms with Gasteiger partial charge in [0.15, 0.2) is 0 Å². The highest BCUT2D eigenvalue weighted by Gasteiger charge is 2.11. The Morgan fingerprint density at radius 1 is 1.12 bits per heavy atom. The lowest BCUT2D eigenvalue weighted by Gasteiger charge is -2.05. The molecule has 0 radical (unpaired) electrons. The van der Waals surface area contributed by atoms with E-state index in [1.807, 2.05) is 0 Å². The van der Waals surface area contributed by atoms with Crippen LogP contribution in [0.1, 0.15) is 10.5 Å². The number of hydrogen-bond acceptors (Lipinski definition) is 2. The maximum atomic E-state index is 11.0. The summed E-state index contributed by atoms with van der Waals surface area (Å²) in [6.45, 7) is 0. The second kappa shape index (κ2) is 4.09. The van der Waals surface area contributed by atoms with Gasteiger partial charge < -0.3 is 5.73 Å². The molecule has 0 saturated carbocycles. The topological polar surface area (TPSA) is 56.0 Å². The van der Waals surface area contributed by atoms with Crippen LogP contribution in [0.25, 0.3) is 10.9 Å². The number of carbonyl (C=O) groups excluding carboxylic acids is 1. The fourth-order valence-electron chi connectivity index (χ4n) is 1.37. The maximum Gasteiger partial charge on any atom is 0.267 e. The van der Waals surface area contributed by atoms with Gasteiger partial charge in [0.1, 0.15) is 5.69 Å². The van der Waals surface area contributed by atoms with E-state index in [2.05, 4.69) is 4.98 Å². The number of nitrogens with two attached hydrogens (primary N) is 1. The first kappa shape index (κ1) is 11.5. The first-order valence-electron chi connectivity index (χ1n) is 4.24. The van der Waals surface area contributed by atoms with Gasteiger partial charge in [-0.3, -0.25) is 4.79 Å². The van der Waals surface area contributed by atoms with Crippen molar-refractivity contribution in [2.75, 3.05) is 0 Å². The fraction of sp³-hybridized carbons (Fsp3) is 0. The molecule has 0 bridgehead atoms. The number of benzene rings is 1. The number of halogens is 3. The highest BCUT2D eigenvalue weighted by Crippen LogP contribution is 2.32. The lowest BCUT2D eigenvalue weighted by molar-refractivity contribution is 0.0996. The lowest BCUT2D eigenvalue weighted by Crippen LogP contribution is -2.13. The smallest absolute Gasteiger partial charge is 0.267 e. The minimum atomic E-state index is -0.653. The molecular weight excluding hydrogens is 270 g/mol. The van der Waals surface area contributed by atoms with Crippen molar-refractivity contribution >= 4 is 51.6 Å². The van der Waals surface area contributed by atoms with Crippen LogP contribution in [-0.4, -0.2) is 10.9 Å². The Kier molecular flexibility index (Phi) is 2.93. The van der Waals surface area contributed by atoms with E-state index in [9.17, 15) is 4.79 Å². The second-order valence-electron chi connectivity index (χ2n) is 3.14. The Morgan fingerprint density at radius 3 is 2.38 bits per heavy atom. The van der Waals surface area contributed by atoms with Gasteiger partial charge in [-0.25, -0.2) is 4.98 Å². The van der Waals surface area contributed by atoms with Crippen LogP contribution in [-0.2, 0) is 0 Å². The van der Waals surface area contributed by atoms with Crippen LogP contribution in [0.15, 0.2) is 18.2 Å². The van der Waals surface area contributed by atoms with Gasteiger partial charge in [0, 0.05) is 10.4 Å². The molecular formula is C10H5Cl3N2O. The van der Waals surface area contributed by atoms with Gasteiger partial charge >= 0.3 is 0 Å². The van der Waals surface area contributed by atoms with Crippen LogP contribution in [0.3, 0.4) is 0 Å². The number of pyridine rings is 1. The summed E-state index contributed by atoms with van der Waals surface area (Å²) in [5, 5.41) is 1.68. The van der Waals surface area contributed by atoms with Gasteiger partial charge in [0.05, 0.1) is 15.6 Å². The Balaban J connectivity index is 2.87. The third-order valence-corrected chi connectivity index (χ3v) is 2.84. The average Bonchev–Trinajstić information content (AvgIpc) is 2.15. The molecule has 0 saturated heterocycles. The summed E-state index contributed by atoms with van der Waals surface area (Å²) < 4.78 is 0. The molecule has 16 heavy (non-hydrogen) atoms. The van der Waals surface area contributed by atoms with E-state index in [0.29, 0.717) is 26.0 Å². The summed E-state index contributed by atoms with van der Waals surface area (Å²) in [7, 11) is 0. The van der Waals surface area contributed by atoms with Crippen LogP contribution in [0.2, 0.25) is 15.1 Å². The molecule has 82 valence electrons. The predicted molar refractivity (Wildman–Crippen MR) is 65.3 cm³/mol. The molecule has 0 atom stereocenters. The summed E-state index contributed by atoms with van der Waals surface area (Å²) >= 11 is 17.8. The molecule has 3 nitrogen and oxygen atoms in total. The van der Waals surface area contributed by atoms with Crippen LogP contribution in [0, 0.1) is 0 Å². The summed E-state index contributed by atoms with van der Waals surface area (Å²) in [5.41, 5.74) is 5.65. The Morgan fingerprint density at radius 2 is 1.75 bits per heavy atom. The molecule has 0 spiro atoms. The van der Waals surface area contributed by atoms with Crippen LogP contribution in [0.5, 0.6) is 0 Å². The van der Waals surface area contributed by atoms with E-state index in [-0.39, 0.29) is 5.69 Å². The number of carbonyl (C=O) groups is 1. The molecule has 2 N–H and O–H groups in total. The van der Waals surface area contributed by atoms with Crippen molar-refractivity contribution in [2.24, 2.45) is 5.73 Å². The molecule has 0 fully saturated rings. The standard InChI is InChI=1S/C10H5Cl3N2O/c11-4-1-5(12)9-6(13)3-8(10(14)16)15-7(9)2-4/h1-3H,(H2,14,16). The van der Waals surface area contributed by atoms with Gasteiger partial charge in [-0.05, 0) is 18.2 Å². The molecule has 0 aliphatic heterocycles. The number of nitrogens with zero attached hydrogens (tertiary/aromatic N) is 1. The SMILES string of the molecule is NC(=O)c1cc(Cl)c2c(Cl)cc(Cl)cc2n1. The monoisotopic (exact) mass is 274 g/mol. The highest BCUT2D eigenvalue weighted by molar-refractivity contribution is 6.43. The van der Waals surface area contributed by atoms with Crippen molar-refractivity contribution < 1.29 is 4.79 Å². The van der Waals surface area contributed by atoms with E-state index >= 15 is 0 Å². The first-order valence-corrected chi connectivity index (χ1v) is 5.37. The van der Waals surface area contributed by atoms with Gasteiger partial charge in [-0.15, -0.1) is 0 Å². The van der Waals surface area contributed by atoms with E-state index in [1.165, 1.54) is 6.07 Å². The summed E-state index contributed by atoms with van der Waals surface area (Å²) in [5.74, 6) is -0.653. The van der Waals surface area contributed by atoms with Crippen LogP contribution in [0.4, 0.5) is 0 Å². The average molecular weight is 276 g/mol. The van der Waals surface area contributed by atoms with Crippen molar-refractivity contribution in [2.45, 2.75) is 0 Å². The van der Waals surface area contributed by atoms with Gasteiger partial charge in [0.25, 0.3) is 5.91 Å². The lowest BCUT2D eigenvalue weighted by atomic mass is 10.2. The van der Waals surface area contributed by atoms with Crippen molar-refractivity contribution in [1.29, 1.82) is 0 Å². The predicted octanol–water partition coefficient (Wildman–Crippen LogP) is 3.29. The number of hydrogen-bond donors (Lipinski definition) is 1. The minimum Gasteiger partial charge on any atom is -0.364 e. The van der Waals surface area contributed by atoms with Gasteiger partial charge in [0.2, 0.25) is 0 Å². The maximum absolute atomic E-state index is 11.0. The Bertz CT molecular complexity index is 598. The normalized spacial score (nSPS) is 10.7. The zero-order valence-electron chi connectivity index (χ0n) is 7.80. The zero-order valence-corrected chi connectivity index (χ0v) is 10.1. The van der Waals surface area contributed by atoms with E-state index in [1.54, 1.807) is 12.1 Å². The summed E-state index contributed by atoms with van der Waals surface area (Å²) in [6.07, 6.45) is 0. The largest absolute Gasteiger partial charge is 0.364 e. The molecule has 2 rings (SSSR count). The fourth-order valence-corrected chi connectivity index (χ4v) is 2.30. The summed E-state index contributed by atoms with van der Waals surface area (Å²) in [6, 6.07) is 4.51.